The molecule has 0 saturated heterocycles. The van der Waals surface area contributed by atoms with Gasteiger partial charge in [-0.2, -0.15) is 5.26 Å². The highest BCUT2D eigenvalue weighted by Gasteiger charge is 2.41. The topological polar surface area (TPSA) is 50.1 Å². The third-order valence-corrected chi connectivity index (χ3v) is 3.30. The summed E-state index contributed by atoms with van der Waals surface area (Å²) in [4.78, 5) is 11.9. The fraction of sp³-hybridized carbons (Fsp3) is 0.231. The van der Waals surface area contributed by atoms with E-state index in [4.69, 9.17) is 10.00 Å². The maximum absolute atomic E-state index is 11.9. The van der Waals surface area contributed by atoms with Gasteiger partial charge in [-0.05, 0) is 54.0 Å². The number of Topliss-reactive ketones (excluding diaryl/α,β-unsaturated/α-hetero) is 1. The lowest BCUT2D eigenvalue weighted by Gasteiger charge is -2.17. The second-order valence-electron chi connectivity index (χ2n) is 4.27. The van der Waals surface area contributed by atoms with Crippen LogP contribution in [0.2, 0.25) is 0 Å². The van der Waals surface area contributed by atoms with Crippen LogP contribution in [0.3, 0.4) is 0 Å². The van der Waals surface area contributed by atoms with Crippen molar-refractivity contribution in [1.82, 2.24) is 0 Å². The highest BCUT2D eigenvalue weighted by Crippen LogP contribution is 2.38. The lowest BCUT2D eigenvalue weighted by atomic mass is 10.1. The Morgan fingerprint density at radius 3 is 2.29 bits per heavy atom. The Kier molecular flexibility index (Phi) is 2.80. The number of carbonyl (C=O) groups is 1. The molecule has 1 aliphatic rings. The minimum absolute atomic E-state index is 0.0724. The Bertz CT molecular complexity index is 550. The van der Waals surface area contributed by atoms with E-state index < -0.39 is 5.60 Å². The van der Waals surface area contributed by atoms with Gasteiger partial charge in [0.25, 0.3) is 0 Å². The minimum atomic E-state index is -0.831. The fourth-order valence-electron chi connectivity index (χ4n) is 1.60. The predicted octanol–water partition coefficient (Wildman–Crippen LogP) is 3.00. The van der Waals surface area contributed by atoms with Crippen LogP contribution in [0.15, 0.2) is 28.7 Å². The van der Waals surface area contributed by atoms with Crippen LogP contribution in [0.4, 0.5) is 0 Å². The first-order valence-corrected chi connectivity index (χ1v) is 5.89. The largest absolute Gasteiger partial charge is 0.478 e. The number of hydrogen-bond donors (Lipinski definition) is 0. The van der Waals surface area contributed by atoms with Crippen LogP contribution < -0.4 is 0 Å². The highest BCUT2D eigenvalue weighted by atomic mass is 79.9. The molecule has 0 saturated carbocycles. The number of carbonyl (C=O) groups excluding carboxylic acids is 1. The van der Waals surface area contributed by atoms with Crippen molar-refractivity contribution in [1.29, 1.82) is 5.26 Å². The van der Waals surface area contributed by atoms with Crippen molar-refractivity contribution in [3.05, 3.63) is 39.9 Å². The number of hydrogen-bond acceptors (Lipinski definition) is 3. The van der Waals surface area contributed by atoms with Crippen molar-refractivity contribution in [2.45, 2.75) is 19.4 Å². The summed E-state index contributed by atoms with van der Waals surface area (Å²) in [6, 6.07) is 8.97. The fourth-order valence-corrected chi connectivity index (χ4v) is 2.38. The summed E-state index contributed by atoms with van der Waals surface area (Å²) in [6.45, 7) is 3.46. The number of halogens is 1. The van der Waals surface area contributed by atoms with Crippen LogP contribution in [0.1, 0.15) is 25.0 Å². The second-order valence-corrected chi connectivity index (χ2v) is 5.07. The molecule has 4 heteroatoms. The summed E-state index contributed by atoms with van der Waals surface area (Å²) in [6.07, 6.45) is 0. The summed E-state index contributed by atoms with van der Waals surface area (Å²) in [5, 5.41) is 8.71. The van der Waals surface area contributed by atoms with Gasteiger partial charge in [-0.1, -0.05) is 0 Å². The van der Waals surface area contributed by atoms with E-state index in [-0.39, 0.29) is 5.78 Å². The Labute approximate surface area is 108 Å². The van der Waals surface area contributed by atoms with E-state index in [1.165, 1.54) is 0 Å². The maximum Gasteiger partial charge on any atom is 0.216 e. The summed E-state index contributed by atoms with van der Waals surface area (Å²) >= 11 is 3.26. The van der Waals surface area contributed by atoms with Gasteiger partial charge in [-0.15, -0.1) is 0 Å². The smallest absolute Gasteiger partial charge is 0.216 e. The van der Waals surface area contributed by atoms with Gasteiger partial charge in [0.05, 0.1) is 11.6 Å². The van der Waals surface area contributed by atoms with Crippen molar-refractivity contribution in [2.24, 2.45) is 0 Å². The van der Waals surface area contributed by atoms with E-state index in [9.17, 15) is 4.79 Å². The molecule has 1 aromatic rings. The first kappa shape index (κ1) is 11.9. The molecular formula is C13H10BrNO2. The molecule has 0 amide bonds. The predicted molar refractivity (Wildman–Crippen MR) is 67.2 cm³/mol. The van der Waals surface area contributed by atoms with Crippen molar-refractivity contribution >= 4 is 27.5 Å². The number of nitrogens with zero attached hydrogens (tertiary/aromatic N) is 1. The zero-order valence-electron chi connectivity index (χ0n) is 9.45. The van der Waals surface area contributed by atoms with E-state index >= 15 is 0 Å². The molecule has 0 atom stereocenters. The average Bonchev–Trinajstić information content (AvgIpc) is 2.53. The quantitative estimate of drug-likeness (QED) is 0.799. The standard InChI is InChI=1S/C13H10BrNO2/c1-13(2)12(16)10(14)11(17-13)9-5-3-8(7-15)4-6-9/h3-6H,1-2H3. The van der Waals surface area contributed by atoms with Crippen LogP contribution in [-0.4, -0.2) is 11.4 Å². The molecule has 0 N–H and O–H groups in total. The molecule has 1 aliphatic heterocycles. The van der Waals surface area contributed by atoms with Crippen LogP contribution in [0, 0.1) is 11.3 Å². The summed E-state index contributed by atoms with van der Waals surface area (Å²) < 4.78 is 6.08. The van der Waals surface area contributed by atoms with Gasteiger partial charge in [0.1, 0.15) is 10.2 Å². The van der Waals surface area contributed by atoms with Crippen LogP contribution >= 0.6 is 15.9 Å². The summed E-state index contributed by atoms with van der Waals surface area (Å²) in [5.74, 6) is 0.460. The van der Waals surface area contributed by atoms with E-state index in [0.717, 1.165) is 5.56 Å². The molecule has 1 heterocycles. The van der Waals surface area contributed by atoms with Gasteiger partial charge in [-0.3, -0.25) is 4.79 Å². The van der Waals surface area contributed by atoms with Crippen LogP contribution in [-0.2, 0) is 9.53 Å². The normalized spacial score (nSPS) is 17.9. The van der Waals surface area contributed by atoms with Crippen LogP contribution in [0.5, 0.6) is 0 Å². The third kappa shape index (κ3) is 1.98. The molecule has 0 aromatic heterocycles. The first-order valence-electron chi connectivity index (χ1n) is 5.10. The molecular weight excluding hydrogens is 282 g/mol. The molecule has 0 aliphatic carbocycles. The van der Waals surface area contributed by atoms with Crippen molar-refractivity contribution in [3.63, 3.8) is 0 Å². The van der Waals surface area contributed by atoms with Crippen molar-refractivity contribution in [2.75, 3.05) is 0 Å². The van der Waals surface area contributed by atoms with E-state index in [1.807, 2.05) is 6.07 Å². The number of benzene rings is 1. The van der Waals surface area contributed by atoms with Crippen molar-refractivity contribution < 1.29 is 9.53 Å². The SMILES string of the molecule is CC1(C)OC(c2ccc(C#N)cc2)=C(Br)C1=O. The zero-order chi connectivity index (χ0) is 12.6. The maximum atomic E-state index is 11.9. The molecule has 3 nitrogen and oxygen atoms in total. The highest BCUT2D eigenvalue weighted by molar-refractivity contribution is 9.12. The molecule has 0 fully saturated rings. The van der Waals surface area contributed by atoms with Gasteiger partial charge in [0, 0.05) is 5.56 Å². The molecule has 2 rings (SSSR count). The minimum Gasteiger partial charge on any atom is -0.478 e. The third-order valence-electron chi connectivity index (χ3n) is 2.58. The van der Waals surface area contributed by atoms with Crippen LogP contribution in [0.25, 0.3) is 5.76 Å². The monoisotopic (exact) mass is 291 g/mol. The second kappa shape index (κ2) is 4.01. The number of ketones is 1. The lowest BCUT2D eigenvalue weighted by molar-refractivity contribution is -0.125. The van der Waals surface area contributed by atoms with Gasteiger partial charge < -0.3 is 4.74 Å². The molecule has 0 radical (unpaired) electrons. The summed E-state index contributed by atoms with van der Waals surface area (Å²) in [5.41, 5.74) is 0.533. The Morgan fingerprint density at radius 1 is 1.29 bits per heavy atom. The Morgan fingerprint density at radius 2 is 1.88 bits per heavy atom. The molecule has 86 valence electrons. The number of nitriles is 1. The zero-order valence-corrected chi connectivity index (χ0v) is 11.0. The summed E-state index contributed by atoms with van der Waals surface area (Å²) in [7, 11) is 0. The molecule has 0 spiro atoms. The van der Waals surface area contributed by atoms with Gasteiger partial charge in [-0.25, -0.2) is 0 Å². The molecule has 0 unspecified atom stereocenters. The lowest BCUT2D eigenvalue weighted by Crippen LogP contribution is -2.28. The first-order chi connectivity index (χ1) is 7.95. The number of ether oxygens (including phenoxy) is 1. The molecule has 17 heavy (non-hydrogen) atoms. The van der Waals surface area contributed by atoms with E-state index in [0.29, 0.717) is 15.8 Å². The number of rotatable bonds is 1. The molecule has 0 bridgehead atoms. The Balaban J connectivity index is 2.42. The van der Waals surface area contributed by atoms with Gasteiger partial charge in [0.15, 0.2) is 5.60 Å². The Hall–Kier alpha value is -1.60. The van der Waals surface area contributed by atoms with Gasteiger partial charge in [0.2, 0.25) is 5.78 Å². The average molecular weight is 292 g/mol. The van der Waals surface area contributed by atoms with E-state index in [2.05, 4.69) is 15.9 Å². The van der Waals surface area contributed by atoms with Gasteiger partial charge >= 0.3 is 0 Å². The molecule has 1 aromatic carbocycles. The van der Waals surface area contributed by atoms with E-state index in [1.54, 1.807) is 38.1 Å². The van der Waals surface area contributed by atoms with Crippen molar-refractivity contribution in [3.8, 4) is 6.07 Å².